The number of likely N-dealkylation sites (N-methyl/N-ethyl adjacent to an activating group) is 1. The van der Waals surface area contributed by atoms with Gasteiger partial charge in [-0.15, -0.1) is 11.3 Å². The molecule has 1 aromatic heterocycles. The molecule has 0 spiro atoms. The van der Waals surface area contributed by atoms with Gasteiger partial charge in [0.2, 0.25) is 0 Å². The van der Waals surface area contributed by atoms with Crippen molar-refractivity contribution in [1.82, 2.24) is 9.80 Å². The number of nitrogens with zero attached hydrogens (tertiary/aromatic N) is 3. The zero-order chi connectivity index (χ0) is 24.0. The Bertz CT molecular complexity index is 1390. The molecule has 2 aromatic carbocycles. The van der Waals surface area contributed by atoms with Crippen LogP contribution in [0.4, 0.5) is 16.4 Å². The second-order valence-corrected chi connectivity index (χ2v) is 10.2. The molecule has 1 fully saturated rings. The Balaban J connectivity index is 1.73. The molecule has 0 bridgehead atoms. The van der Waals surface area contributed by atoms with Crippen LogP contribution in [0.15, 0.2) is 51.9 Å². The van der Waals surface area contributed by atoms with Crippen molar-refractivity contribution in [2.24, 2.45) is 4.99 Å². The predicted molar refractivity (Wildman–Crippen MR) is 138 cm³/mol. The number of piperazine rings is 1. The molecular weight excluding hydrogens is 520 g/mol. The summed E-state index contributed by atoms with van der Waals surface area (Å²) in [7, 11) is 2.10. The largest absolute Gasteiger partial charge is 0.478 e. The third kappa shape index (κ3) is 4.20. The second kappa shape index (κ2) is 8.86. The SMILES string of the molecule is CN1CCN(C2=Nc3cc(Br)ccc3Nc3sc4ccc(C(=CC(=O)O)C(=O)O)cc4c32)CC1. The number of anilines is 2. The smallest absolute Gasteiger partial charge is 0.336 e. The molecule has 3 N–H and O–H groups in total. The van der Waals surface area contributed by atoms with Crippen molar-refractivity contribution in [3.05, 3.63) is 58.1 Å². The zero-order valence-corrected chi connectivity index (χ0v) is 20.6. The fourth-order valence-electron chi connectivity index (χ4n) is 4.21. The van der Waals surface area contributed by atoms with E-state index in [-0.39, 0.29) is 5.57 Å². The van der Waals surface area contributed by atoms with Gasteiger partial charge in [-0.3, -0.25) is 0 Å². The van der Waals surface area contributed by atoms with Crippen LogP contribution in [-0.4, -0.2) is 71.0 Å². The van der Waals surface area contributed by atoms with E-state index in [9.17, 15) is 19.8 Å². The molecule has 5 rings (SSSR count). The Morgan fingerprint density at radius 1 is 1.12 bits per heavy atom. The van der Waals surface area contributed by atoms with E-state index in [1.54, 1.807) is 23.5 Å². The van der Waals surface area contributed by atoms with Crippen molar-refractivity contribution in [2.45, 2.75) is 0 Å². The Hall–Kier alpha value is -3.21. The number of rotatable bonds is 3. The summed E-state index contributed by atoms with van der Waals surface area (Å²) >= 11 is 5.11. The highest BCUT2D eigenvalue weighted by Crippen LogP contribution is 2.44. The maximum Gasteiger partial charge on any atom is 0.336 e. The molecule has 1 saturated heterocycles. The van der Waals surface area contributed by atoms with E-state index in [4.69, 9.17) is 4.99 Å². The maximum atomic E-state index is 11.8. The second-order valence-electron chi connectivity index (χ2n) is 8.23. The number of thiophene rings is 1. The minimum Gasteiger partial charge on any atom is -0.478 e. The molecule has 174 valence electrons. The molecule has 2 aliphatic rings. The summed E-state index contributed by atoms with van der Waals surface area (Å²) in [6.07, 6.45) is 0.732. The highest BCUT2D eigenvalue weighted by atomic mass is 79.9. The molecule has 0 radical (unpaired) electrons. The number of halogens is 1. The van der Waals surface area contributed by atoms with Crippen molar-refractivity contribution in [1.29, 1.82) is 0 Å². The van der Waals surface area contributed by atoms with E-state index in [0.29, 0.717) is 5.56 Å². The number of hydrogen-bond donors (Lipinski definition) is 3. The number of aliphatic imine (C=N–C) groups is 1. The summed E-state index contributed by atoms with van der Waals surface area (Å²) in [4.78, 5) is 32.7. The van der Waals surface area contributed by atoms with Crippen LogP contribution in [-0.2, 0) is 9.59 Å². The highest BCUT2D eigenvalue weighted by Gasteiger charge is 2.28. The van der Waals surface area contributed by atoms with E-state index in [0.717, 1.165) is 74.6 Å². The first-order chi connectivity index (χ1) is 16.3. The number of carboxylic acids is 2. The van der Waals surface area contributed by atoms with Crippen molar-refractivity contribution >= 4 is 77.1 Å². The van der Waals surface area contributed by atoms with Crippen LogP contribution in [0.25, 0.3) is 15.7 Å². The highest BCUT2D eigenvalue weighted by molar-refractivity contribution is 9.10. The lowest BCUT2D eigenvalue weighted by molar-refractivity contribution is -0.133. The molecule has 3 heterocycles. The summed E-state index contributed by atoms with van der Waals surface area (Å²) in [5.74, 6) is -1.76. The van der Waals surface area contributed by atoms with Crippen LogP contribution < -0.4 is 5.32 Å². The van der Waals surface area contributed by atoms with Crippen molar-refractivity contribution in [3.63, 3.8) is 0 Å². The number of hydrogen-bond acceptors (Lipinski definition) is 7. The minimum atomic E-state index is -1.30. The average Bonchev–Trinajstić information content (AvgIpc) is 3.06. The number of aliphatic carboxylic acids is 2. The molecule has 0 unspecified atom stereocenters. The van der Waals surface area contributed by atoms with Gasteiger partial charge in [0.25, 0.3) is 0 Å². The zero-order valence-electron chi connectivity index (χ0n) is 18.2. The van der Waals surface area contributed by atoms with Crippen LogP contribution in [0.5, 0.6) is 0 Å². The Morgan fingerprint density at radius 3 is 2.59 bits per heavy atom. The molecule has 3 aromatic rings. The standard InChI is InChI=1S/C24H21BrN4O4S/c1-28-6-8-29(9-7-28)22-21-16-10-13(15(24(32)33)12-20(30)31)2-5-19(16)34-23(21)27-17-4-3-14(25)11-18(17)26-22/h2-5,10-12,27H,6-9H2,1H3,(H,30,31)(H,32,33). The van der Waals surface area contributed by atoms with E-state index < -0.39 is 11.9 Å². The van der Waals surface area contributed by atoms with Gasteiger partial charge in [-0.1, -0.05) is 22.0 Å². The van der Waals surface area contributed by atoms with Gasteiger partial charge in [-0.05, 0) is 42.9 Å². The van der Waals surface area contributed by atoms with Crippen LogP contribution in [0.1, 0.15) is 11.1 Å². The number of carboxylic acid groups (broad SMARTS) is 2. The van der Waals surface area contributed by atoms with E-state index in [1.807, 2.05) is 24.3 Å². The lowest BCUT2D eigenvalue weighted by atomic mass is 10.0. The van der Waals surface area contributed by atoms with Crippen molar-refractivity contribution < 1.29 is 19.8 Å². The third-order valence-corrected chi connectivity index (χ3v) is 7.54. The summed E-state index contributed by atoms with van der Waals surface area (Å²) in [5.41, 5.74) is 2.68. The van der Waals surface area contributed by atoms with Gasteiger partial charge in [0.15, 0.2) is 0 Å². The molecule has 8 nitrogen and oxygen atoms in total. The number of amidine groups is 1. The van der Waals surface area contributed by atoms with Gasteiger partial charge in [-0.2, -0.15) is 0 Å². The fraction of sp³-hybridized carbons (Fsp3) is 0.208. The average molecular weight is 541 g/mol. The van der Waals surface area contributed by atoms with Crippen molar-refractivity contribution in [2.75, 3.05) is 38.5 Å². The Kier molecular flexibility index (Phi) is 5.88. The van der Waals surface area contributed by atoms with Gasteiger partial charge < -0.3 is 25.3 Å². The lowest BCUT2D eigenvalue weighted by Crippen LogP contribution is -2.47. The molecule has 0 saturated carbocycles. The Morgan fingerprint density at radius 2 is 1.88 bits per heavy atom. The Labute approximate surface area is 208 Å². The number of carbonyl (C=O) groups is 2. The molecule has 0 aliphatic carbocycles. The van der Waals surface area contributed by atoms with E-state index >= 15 is 0 Å². The summed E-state index contributed by atoms with van der Waals surface area (Å²) < 4.78 is 1.89. The van der Waals surface area contributed by atoms with Crippen LogP contribution in [0.3, 0.4) is 0 Å². The summed E-state index contributed by atoms with van der Waals surface area (Å²) in [5, 5.41) is 24.1. The molecule has 34 heavy (non-hydrogen) atoms. The number of benzene rings is 2. The number of nitrogens with one attached hydrogen (secondary N) is 1. The van der Waals surface area contributed by atoms with Crippen molar-refractivity contribution in [3.8, 4) is 0 Å². The van der Waals surface area contributed by atoms with Gasteiger partial charge >= 0.3 is 11.9 Å². The summed E-state index contributed by atoms with van der Waals surface area (Å²) in [6, 6.07) is 11.2. The fourth-order valence-corrected chi connectivity index (χ4v) is 5.65. The summed E-state index contributed by atoms with van der Waals surface area (Å²) in [6.45, 7) is 3.44. The first-order valence-corrected chi connectivity index (χ1v) is 12.2. The molecule has 0 amide bonds. The first kappa shape index (κ1) is 22.6. The van der Waals surface area contributed by atoms with Gasteiger partial charge in [0.1, 0.15) is 10.8 Å². The normalized spacial score (nSPS) is 16.4. The lowest BCUT2D eigenvalue weighted by Gasteiger charge is -2.34. The van der Waals surface area contributed by atoms with E-state index in [1.165, 1.54) is 0 Å². The van der Waals surface area contributed by atoms with Crippen LogP contribution in [0.2, 0.25) is 0 Å². The number of fused-ring (bicyclic) bond motifs is 4. The predicted octanol–water partition coefficient (Wildman–Crippen LogP) is 4.60. The third-order valence-electron chi connectivity index (χ3n) is 5.96. The maximum absolute atomic E-state index is 11.8. The monoisotopic (exact) mass is 540 g/mol. The molecule has 2 aliphatic heterocycles. The molecule has 10 heteroatoms. The first-order valence-electron chi connectivity index (χ1n) is 10.6. The van der Waals surface area contributed by atoms with Gasteiger partial charge in [0, 0.05) is 46.8 Å². The quantitative estimate of drug-likeness (QED) is 0.417. The van der Waals surface area contributed by atoms with E-state index in [2.05, 4.69) is 38.1 Å². The van der Waals surface area contributed by atoms with Gasteiger partial charge in [0.05, 0.1) is 22.5 Å². The molecule has 0 atom stereocenters. The van der Waals surface area contributed by atoms with Crippen LogP contribution in [0, 0.1) is 0 Å². The van der Waals surface area contributed by atoms with Gasteiger partial charge in [-0.25, -0.2) is 14.6 Å². The minimum absolute atomic E-state index is 0.263. The topological polar surface area (TPSA) is 105 Å². The van der Waals surface area contributed by atoms with Crippen LogP contribution >= 0.6 is 27.3 Å². The molecular formula is C24H21BrN4O4S.